The number of benzene rings is 2. The average molecular weight is 503 g/mol. The summed E-state index contributed by atoms with van der Waals surface area (Å²) in [5.41, 5.74) is 3.78. The summed E-state index contributed by atoms with van der Waals surface area (Å²) >= 11 is 0. The smallest absolute Gasteiger partial charge is 0.251 e. The number of hydrogen-bond donors (Lipinski definition) is 3. The third-order valence-electron chi connectivity index (χ3n) is 6.58. The van der Waals surface area contributed by atoms with E-state index in [4.69, 9.17) is 14.5 Å². The number of nitrogens with zero attached hydrogens (tertiary/aromatic N) is 3. The molecule has 2 aromatic carbocycles. The molecule has 37 heavy (non-hydrogen) atoms. The zero-order valence-corrected chi connectivity index (χ0v) is 21.0. The van der Waals surface area contributed by atoms with Crippen LogP contribution in [0.5, 0.6) is 11.5 Å². The lowest BCUT2D eigenvalue weighted by molar-refractivity contribution is -0.115. The first-order valence-electron chi connectivity index (χ1n) is 12.3. The van der Waals surface area contributed by atoms with Gasteiger partial charge in [-0.3, -0.25) is 9.59 Å². The third-order valence-corrected chi connectivity index (χ3v) is 6.58. The fourth-order valence-corrected chi connectivity index (χ4v) is 4.67. The summed E-state index contributed by atoms with van der Waals surface area (Å²) < 4.78 is 10.7. The number of aromatic nitrogens is 2. The molecular weight excluding hydrogens is 472 g/mol. The molecule has 1 fully saturated rings. The van der Waals surface area contributed by atoms with Crippen molar-refractivity contribution in [2.75, 3.05) is 51.0 Å². The van der Waals surface area contributed by atoms with Crippen LogP contribution in [-0.4, -0.2) is 67.1 Å². The summed E-state index contributed by atoms with van der Waals surface area (Å²) in [7, 11) is 3.15. The highest BCUT2D eigenvalue weighted by Gasteiger charge is 2.23. The van der Waals surface area contributed by atoms with Gasteiger partial charge in [0.05, 0.1) is 32.0 Å². The van der Waals surface area contributed by atoms with Crippen LogP contribution in [0.15, 0.2) is 42.6 Å². The van der Waals surface area contributed by atoms with Gasteiger partial charge in [0.1, 0.15) is 0 Å². The normalized spacial score (nSPS) is 14.7. The molecule has 192 valence electrons. The fraction of sp³-hybridized carbons (Fsp3) is 0.333. The van der Waals surface area contributed by atoms with Crippen LogP contribution in [-0.2, 0) is 11.2 Å². The van der Waals surface area contributed by atoms with E-state index in [2.05, 4.69) is 25.8 Å². The van der Waals surface area contributed by atoms with Crippen LogP contribution >= 0.6 is 0 Å². The van der Waals surface area contributed by atoms with Gasteiger partial charge in [0.25, 0.3) is 5.91 Å². The molecule has 0 spiro atoms. The maximum Gasteiger partial charge on any atom is 0.251 e. The van der Waals surface area contributed by atoms with Gasteiger partial charge < -0.3 is 30.3 Å². The molecule has 0 saturated carbocycles. The van der Waals surface area contributed by atoms with Gasteiger partial charge in [0.2, 0.25) is 11.9 Å². The first-order chi connectivity index (χ1) is 18.0. The zero-order valence-electron chi connectivity index (χ0n) is 21.0. The Kier molecular flexibility index (Phi) is 7.18. The highest BCUT2D eigenvalue weighted by molar-refractivity contribution is 6.03. The van der Waals surface area contributed by atoms with E-state index in [1.165, 1.54) is 12.8 Å². The number of anilines is 3. The third kappa shape index (κ3) is 5.49. The number of methoxy groups -OCH3 is 2. The Morgan fingerprint density at radius 3 is 2.68 bits per heavy atom. The SMILES string of the molecule is COc1ccc(Nc2ncc3c(n2)-c2cc(C(=O)NCCN4CCCC4)ccc2NC(=O)C3)cc1OC. The van der Waals surface area contributed by atoms with Crippen molar-refractivity contribution in [1.29, 1.82) is 0 Å². The molecule has 3 heterocycles. The van der Waals surface area contributed by atoms with E-state index in [1.54, 1.807) is 50.7 Å². The summed E-state index contributed by atoms with van der Waals surface area (Å²) in [6, 6.07) is 10.7. The number of nitrogens with one attached hydrogen (secondary N) is 3. The molecule has 0 aliphatic carbocycles. The summed E-state index contributed by atoms with van der Waals surface area (Å²) in [6.07, 6.45) is 4.21. The van der Waals surface area contributed by atoms with Crippen LogP contribution in [0.1, 0.15) is 28.8 Å². The van der Waals surface area contributed by atoms with Crippen molar-refractivity contribution in [1.82, 2.24) is 20.2 Å². The van der Waals surface area contributed by atoms with E-state index in [1.807, 2.05) is 6.07 Å². The van der Waals surface area contributed by atoms with Crippen LogP contribution in [0.25, 0.3) is 11.3 Å². The van der Waals surface area contributed by atoms with Crippen molar-refractivity contribution < 1.29 is 19.1 Å². The average Bonchev–Trinajstić information content (AvgIpc) is 3.38. The second-order valence-corrected chi connectivity index (χ2v) is 9.05. The molecule has 0 bridgehead atoms. The second-order valence-electron chi connectivity index (χ2n) is 9.05. The van der Waals surface area contributed by atoms with E-state index in [9.17, 15) is 9.59 Å². The van der Waals surface area contributed by atoms with Crippen molar-refractivity contribution in [3.8, 4) is 22.8 Å². The van der Waals surface area contributed by atoms with Crippen LogP contribution in [0.2, 0.25) is 0 Å². The van der Waals surface area contributed by atoms with Gasteiger partial charge in [0.15, 0.2) is 11.5 Å². The molecule has 0 radical (unpaired) electrons. The van der Waals surface area contributed by atoms with Gasteiger partial charge in [-0.2, -0.15) is 0 Å². The summed E-state index contributed by atoms with van der Waals surface area (Å²) in [6.45, 7) is 3.61. The van der Waals surface area contributed by atoms with Crippen molar-refractivity contribution in [2.24, 2.45) is 0 Å². The zero-order chi connectivity index (χ0) is 25.8. The van der Waals surface area contributed by atoms with Crippen molar-refractivity contribution in [3.05, 3.63) is 53.7 Å². The minimum Gasteiger partial charge on any atom is -0.493 e. The molecule has 5 rings (SSSR count). The molecule has 0 atom stereocenters. The van der Waals surface area contributed by atoms with E-state index < -0.39 is 0 Å². The molecule has 10 heteroatoms. The minimum atomic E-state index is -0.160. The predicted octanol–water partition coefficient (Wildman–Crippen LogP) is 3.22. The fourth-order valence-electron chi connectivity index (χ4n) is 4.67. The first-order valence-corrected chi connectivity index (χ1v) is 12.3. The van der Waals surface area contributed by atoms with Crippen LogP contribution in [0, 0.1) is 0 Å². The lowest BCUT2D eigenvalue weighted by atomic mass is 10.0. The molecule has 3 N–H and O–H groups in total. The highest BCUT2D eigenvalue weighted by Crippen LogP contribution is 2.35. The van der Waals surface area contributed by atoms with Crippen LogP contribution < -0.4 is 25.4 Å². The predicted molar refractivity (Wildman–Crippen MR) is 141 cm³/mol. The van der Waals surface area contributed by atoms with E-state index in [0.717, 1.165) is 19.6 Å². The summed E-state index contributed by atoms with van der Waals surface area (Å²) in [4.78, 5) is 36.9. The summed E-state index contributed by atoms with van der Waals surface area (Å²) in [5, 5.41) is 9.11. The van der Waals surface area contributed by atoms with E-state index in [-0.39, 0.29) is 18.2 Å². The maximum atomic E-state index is 12.9. The minimum absolute atomic E-state index is 0.137. The Labute approximate surface area is 215 Å². The first kappa shape index (κ1) is 24.5. The molecule has 2 amide bonds. The maximum absolute atomic E-state index is 12.9. The number of ether oxygens (including phenoxy) is 2. The molecule has 0 unspecified atom stereocenters. The Morgan fingerprint density at radius 1 is 1.08 bits per heavy atom. The second kappa shape index (κ2) is 10.8. The lowest BCUT2D eigenvalue weighted by Gasteiger charge is -2.15. The van der Waals surface area contributed by atoms with Crippen molar-refractivity contribution >= 4 is 29.1 Å². The Balaban J connectivity index is 1.40. The number of carbonyl (C=O) groups is 2. The Bertz CT molecular complexity index is 1320. The number of amides is 2. The summed E-state index contributed by atoms with van der Waals surface area (Å²) in [5.74, 6) is 1.22. The quantitative estimate of drug-likeness (QED) is 0.430. The number of likely N-dealkylation sites (tertiary alicyclic amines) is 1. The number of hydrogen-bond acceptors (Lipinski definition) is 8. The molecule has 2 aliphatic rings. The molecular formula is C27H30N6O4. The standard InChI is InChI=1S/C27H30N6O4/c1-36-22-8-6-19(15-23(22)37-2)30-27-29-16-18-14-24(34)31-21-7-5-17(13-20(21)25(18)32-27)26(35)28-9-12-33-10-3-4-11-33/h5-8,13,15-16H,3-4,9-12,14H2,1-2H3,(H,28,35)(H,31,34)(H,29,30,32). The number of fused-ring (bicyclic) bond motifs is 3. The van der Waals surface area contributed by atoms with Gasteiger partial charge in [0, 0.05) is 47.7 Å². The van der Waals surface area contributed by atoms with E-state index in [0.29, 0.717) is 57.8 Å². The number of rotatable bonds is 8. The van der Waals surface area contributed by atoms with Crippen LogP contribution in [0.4, 0.5) is 17.3 Å². The van der Waals surface area contributed by atoms with Crippen molar-refractivity contribution in [2.45, 2.75) is 19.3 Å². The molecule has 10 nitrogen and oxygen atoms in total. The molecule has 3 aromatic rings. The van der Waals surface area contributed by atoms with Crippen molar-refractivity contribution in [3.63, 3.8) is 0 Å². The molecule has 1 aromatic heterocycles. The Morgan fingerprint density at radius 2 is 1.89 bits per heavy atom. The highest BCUT2D eigenvalue weighted by atomic mass is 16.5. The van der Waals surface area contributed by atoms with E-state index >= 15 is 0 Å². The van der Waals surface area contributed by atoms with Gasteiger partial charge in [-0.25, -0.2) is 9.97 Å². The van der Waals surface area contributed by atoms with Gasteiger partial charge in [-0.1, -0.05) is 0 Å². The van der Waals surface area contributed by atoms with Crippen LogP contribution in [0.3, 0.4) is 0 Å². The van der Waals surface area contributed by atoms with Gasteiger partial charge in [-0.05, 0) is 56.3 Å². The largest absolute Gasteiger partial charge is 0.493 e. The van der Waals surface area contributed by atoms with Gasteiger partial charge in [-0.15, -0.1) is 0 Å². The monoisotopic (exact) mass is 502 g/mol. The number of carbonyl (C=O) groups excluding carboxylic acids is 2. The Hall–Kier alpha value is -4.18. The molecule has 2 aliphatic heterocycles. The molecule has 1 saturated heterocycles. The van der Waals surface area contributed by atoms with Gasteiger partial charge >= 0.3 is 0 Å². The lowest BCUT2D eigenvalue weighted by Crippen LogP contribution is -2.33. The topological polar surface area (TPSA) is 118 Å².